The van der Waals surface area contributed by atoms with Crippen LogP contribution in [0.4, 0.5) is 0 Å². The van der Waals surface area contributed by atoms with Crippen LogP contribution in [0.25, 0.3) is 28.3 Å². The maximum atomic E-state index is 9.30. The summed E-state index contributed by atoms with van der Waals surface area (Å²) in [7, 11) is 0. The summed E-state index contributed by atoms with van der Waals surface area (Å²) in [6, 6.07) is 27.5. The summed E-state index contributed by atoms with van der Waals surface area (Å²) in [6.45, 7) is -0.417. The molecule has 1 N–H and O–H groups in total. The molecule has 0 fully saturated rings. The number of aliphatic hydroxyl groups is 1. The van der Waals surface area contributed by atoms with Crippen LogP contribution in [0.2, 0.25) is 0 Å². The molecular formula is C24H18N4O2S2. The van der Waals surface area contributed by atoms with E-state index < -0.39 is 6.79 Å². The molecule has 0 atom stereocenters. The maximum Gasteiger partial charge on any atom is 0.203 e. The topological polar surface area (TPSA) is 73.1 Å². The number of ether oxygens (including phenoxy) is 1. The highest BCUT2D eigenvalue weighted by Crippen LogP contribution is 2.37. The molecule has 6 nitrogen and oxygen atoms in total. The lowest BCUT2D eigenvalue weighted by atomic mass is 10.2. The average molecular weight is 459 g/mol. The molecule has 5 rings (SSSR count). The molecule has 32 heavy (non-hydrogen) atoms. The van der Waals surface area contributed by atoms with Crippen LogP contribution in [-0.2, 0) is 0 Å². The standard InChI is InChI=1S/C24H18N4O2S2/c29-16-30-21-14-8-7-13-19(21)22-26-27-23(28(22)18-11-5-2-6-12-18)32-24-25-20(15-31-24)17-9-3-1-4-10-17/h1-15,29H,16H2. The first kappa shape index (κ1) is 20.4. The molecule has 0 aliphatic heterocycles. The van der Waals surface area contributed by atoms with Gasteiger partial charge >= 0.3 is 0 Å². The van der Waals surface area contributed by atoms with E-state index in [1.165, 1.54) is 11.8 Å². The Balaban J connectivity index is 1.56. The third kappa shape index (κ3) is 4.16. The predicted molar refractivity (Wildman–Crippen MR) is 126 cm³/mol. The fourth-order valence-corrected chi connectivity index (χ4v) is 5.07. The Hall–Kier alpha value is -3.46. The highest BCUT2D eigenvalue weighted by molar-refractivity contribution is 8.00. The average Bonchev–Trinajstić information content (AvgIpc) is 3.48. The molecule has 0 aliphatic carbocycles. The largest absolute Gasteiger partial charge is 0.467 e. The van der Waals surface area contributed by atoms with Crippen molar-refractivity contribution < 1.29 is 9.84 Å². The summed E-state index contributed by atoms with van der Waals surface area (Å²) < 4.78 is 8.27. The van der Waals surface area contributed by atoms with Gasteiger partial charge in [-0.25, -0.2) is 4.98 Å². The van der Waals surface area contributed by atoms with Crippen LogP contribution in [0.5, 0.6) is 5.75 Å². The summed E-state index contributed by atoms with van der Waals surface area (Å²) in [6.07, 6.45) is 0. The highest BCUT2D eigenvalue weighted by Gasteiger charge is 2.20. The van der Waals surface area contributed by atoms with Gasteiger partial charge in [0.25, 0.3) is 0 Å². The van der Waals surface area contributed by atoms with Crippen molar-refractivity contribution in [3.8, 4) is 34.1 Å². The SMILES string of the molecule is OCOc1ccccc1-c1nnc(Sc2nc(-c3ccccc3)cs2)n1-c1ccccc1. The minimum atomic E-state index is -0.417. The van der Waals surface area contributed by atoms with Gasteiger partial charge in [0.05, 0.1) is 11.3 Å². The van der Waals surface area contributed by atoms with E-state index in [-0.39, 0.29) is 0 Å². The number of hydrogen-bond acceptors (Lipinski definition) is 7. The monoisotopic (exact) mass is 458 g/mol. The summed E-state index contributed by atoms with van der Waals surface area (Å²) in [5.74, 6) is 1.17. The van der Waals surface area contributed by atoms with Gasteiger partial charge < -0.3 is 9.84 Å². The van der Waals surface area contributed by atoms with Gasteiger partial charge in [0.2, 0.25) is 5.16 Å². The zero-order valence-corrected chi connectivity index (χ0v) is 18.5. The first-order valence-corrected chi connectivity index (χ1v) is 11.6. The van der Waals surface area contributed by atoms with Crippen LogP contribution >= 0.6 is 23.1 Å². The number of benzene rings is 3. The Bertz CT molecular complexity index is 1320. The van der Waals surface area contributed by atoms with Crippen molar-refractivity contribution in [1.29, 1.82) is 0 Å². The van der Waals surface area contributed by atoms with E-state index in [0.717, 1.165) is 26.8 Å². The van der Waals surface area contributed by atoms with Gasteiger partial charge in [-0.1, -0.05) is 60.7 Å². The Morgan fingerprint density at radius 2 is 1.59 bits per heavy atom. The zero-order chi connectivity index (χ0) is 21.8. The Morgan fingerprint density at radius 1 is 0.875 bits per heavy atom. The molecule has 0 spiro atoms. The van der Waals surface area contributed by atoms with Gasteiger partial charge in [-0.3, -0.25) is 4.57 Å². The van der Waals surface area contributed by atoms with Crippen LogP contribution in [0, 0.1) is 0 Å². The summed E-state index contributed by atoms with van der Waals surface area (Å²) in [5, 5.41) is 21.0. The second kappa shape index (κ2) is 9.35. The van der Waals surface area contributed by atoms with E-state index in [1.807, 2.05) is 88.8 Å². The molecular weight excluding hydrogens is 440 g/mol. The van der Waals surface area contributed by atoms with E-state index in [4.69, 9.17) is 9.72 Å². The first-order chi connectivity index (χ1) is 15.8. The van der Waals surface area contributed by atoms with E-state index in [1.54, 1.807) is 17.4 Å². The highest BCUT2D eigenvalue weighted by atomic mass is 32.2. The van der Waals surface area contributed by atoms with Crippen LogP contribution in [0.3, 0.4) is 0 Å². The molecule has 2 aromatic heterocycles. The van der Waals surface area contributed by atoms with Gasteiger partial charge in [0, 0.05) is 16.6 Å². The number of rotatable bonds is 7. The number of aliphatic hydroxyl groups excluding tert-OH is 1. The summed E-state index contributed by atoms with van der Waals surface area (Å²) >= 11 is 3.04. The zero-order valence-electron chi connectivity index (χ0n) is 16.8. The number of nitrogens with zero attached hydrogens (tertiary/aromatic N) is 4. The molecule has 5 aromatic rings. The number of para-hydroxylation sites is 2. The molecule has 0 aliphatic rings. The fourth-order valence-electron chi connectivity index (χ4n) is 3.29. The Morgan fingerprint density at radius 3 is 2.38 bits per heavy atom. The van der Waals surface area contributed by atoms with Crippen molar-refractivity contribution in [2.75, 3.05) is 6.79 Å². The van der Waals surface area contributed by atoms with Gasteiger partial charge in [-0.05, 0) is 36.0 Å². The smallest absolute Gasteiger partial charge is 0.203 e. The molecule has 0 saturated carbocycles. The third-order valence-corrected chi connectivity index (χ3v) is 6.61. The maximum absolute atomic E-state index is 9.30. The summed E-state index contributed by atoms with van der Waals surface area (Å²) in [5.41, 5.74) is 3.68. The van der Waals surface area contributed by atoms with E-state index >= 15 is 0 Å². The van der Waals surface area contributed by atoms with E-state index in [9.17, 15) is 5.11 Å². The van der Waals surface area contributed by atoms with Gasteiger partial charge in [-0.15, -0.1) is 21.5 Å². The fraction of sp³-hybridized carbons (Fsp3) is 0.0417. The molecule has 0 unspecified atom stereocenters. The van der Waals surface area contributed by atoms with Crippen molar-refractivity contribution in [1.82, 2.24) is 19.7 Å². The van der Waals surface area contributed by atoms with Gasteiger partial charge in [-0.2, -0.15) is 0 Å². The van der Waals surface area contributed by atoms with Crippen LogP contribution in [-0.4, -0.2) is 31.6 Å². The molecule has 3 aromatic carbocycles. The Labute approximate surface area is 193 Å². The third-order valence-electron chi connectivity index (χ3n) is 4.73. The predicted octanol–water partition coefficient (Wildman–Crippen LogP) is 5.54. The lowest BCUT2D eigenvalue weighted by Crippen LogP contribution is -2.02. The van der Waals surface area contributed by atoms with Crippen LogP contribution < -0.4 is 4.74 Å². The van der Waals surface area contributed by atoms with Gasteiger partial charge in [0.1, 0.15) is 5.75 Å². The Kier molecular flexibility index (Phi) is 5.98. The number of thiazole rings is 1. The first-order valence-electron chi connectivity index (χ1n) is 9.86. The van der Waals surface area contributed by atoms with E-state index in [0.29, 0.717) is 16.7 Å². The van der Waals surface area contributed by atoms with Crippen molar-refractivity contribution in [3.63, 3.8) is 0 Å². The van der Waals surface area contributed by atoms with Crippen molar-refractivity contribution >= 4 is 23.1 Å². The minimum Gasteiger partial charge on any atom is -0.467 e. The van der Waals surface area contributed by atoms with Crippen LogP contribution in [0.15, 0.2) is 99.8 Å². The second-order valence-electron chi connectivity index (χ2n) is 6.71. The quantitative estimate of drug-likeness (QED) is 0.323. The molecule has 158 valence electrons. The molecule has 2 heterocycles. The van der Waals surface area contributed by atoms with Gasteiger partial charge in [0.15, 0.2) is 17.0 Å². The number of aromatic nitrogens is 4. The molecule has 8 heteroatoms. The normalized spacial score (nSPS) is 10.9. The molecule has 0 amide bonds. The number of hydrogen-bond donors (Lipinski definition) is 1. The molecule has 0 saturated heterocycles. The van der Waals surface area contributed by atoms with E-state index in [2.05, 4.69) is 10.2 Å². The summed E-state index contributed by atoms with van der Waals surface area (Å²) in [4.78, 5) is 4.78. The molecule has 0 bridgehead atoms. The van der Waals surface area contributed by atoms with Crippen LogP contribution in [0.1, 0.15) is 0 Å². The lowest BCUT2D eigenvalue weighted by Gasteiger charge is -2.12. The second-order valence-corrected chi connectivity index (χ2v) is 8.79. The minimum absolute atomic E-state index is 0.417. The van der Waals surface area contributed by atoms with Crippen molar-refractivity contribution in [3.05, 3.63) is 90.3 Å². The molecule has 0 radical (unpaired) electrons. The van der Waals surface area contributed by atoms with Crippen molar-refractivity contribution in [2.24, 2.45) is 0 Å². The van der Waals surface area contributed by atoms with Crippen molar-refractivity contribution in [2.45, 2.75) is 9.50 Å². The lowest BCUT2D eigenvalue weighted by molar-refractivity contribution is 0.0990.